The Morgan fingerprint density at radius 3 is 2.50 bits per heavy atom. The Labute approximate surface area is 131 Å². The third-order valence-electron chi connectivity index (χ3n) is 3.07. The van der Waals surface area contributed by atoms with Crippen LogP contribution in [0.25, 0.3) is 0 Å². The van der Waals surface area contributed by atoms with Crippen LogP contribution in [0.3, 0.4) is 0 Å². The number of nitrogens with zero attached hydrogens (tertiary/aromatic N) is 1. The lowest BCUT2D eigenvalue weighted by atomic mass is 10.2. The van der Waals surface area contributed by atoms with Gasteiger partial charge in [-0.2, -0.15) is 0 Å². The maximum Gasteiger partial charge on any atom is 0.311 e. The summed E-state index contributed by atoms with van der Waals surface area (Å²) >= 11 is 5.93. The second-order valence-corrected chi connectivity index (χ2v) is 5.07. The zero-order valence-corrected chi connectivity index (χ0v) is 12.4. The van der Waals surface area contributed by atoms with Gasteiger partial charge in [0.25, 0.3) is 11.8 Å². The molecule has 1 aliphatic heterocycles. The molecule has 22 heavy (non-hydrogen) atoms. The molecular formula is C15H14ClNO5. The van der Waals surface area contributed by atoms with Crippen LogP contribution >= 0.6 is 11.6 Å². The molecule has 0 radical (unpaired) electrons. The summed E-state index contributed by atoms with van der Waals surface area (Å²) in [7, 11) is 0. The van der Waals surface area contributed by atoms with Crippen LogP contribution in [0.1, 0.15) is 18.4 Å². The van der Waals surface area contributed by atoms with Crippen LogP contribution in [0.4, 0.5) is 0 Å². The predicted molar refractivity (Wildman–Crippen MR) is 78.1 cm³/mol. The highest BCUT2D eigenvalue weighted by atomic mass is 35.5. The molecule has 2 amide bonds. The van der Waals surface area contributed by atoms with Crippen molar-refractivity contribution in [2.24, 2.45) is 0 Å². The highest BCUT2D eigenvalue weighted by Gasteiger charge is 2.22. The number of esters is 1. The van der Waals surface area contributed by atoms with Crippen molar-refractivity contribution in [3.63, 3.8) is 0 Å². The maximum atomic E-state index is 11.7. The first kappa shape index (κ1) is 16.2. The van der Waals surface area contributed by atoms with Gasteiger partial charge in [0.1, 0.15) is 5.75 Å². The van der Waals surface area contributed by atoms with Crippen molar-refractivity contribution in [2.45, 2.75) is 19.4 Å². The first-order valence-corrected chi connectivity index (χ1v) is 7.02. The molecule has 0 saturated carbocycles. The van der Waals surface area contributed by atoms with E-state index in [1.807, 2.05) is 0 Å². The summed E-state index contributed by atoms with van der Waals surface area (Å²) in [4.78, 5) is 35.4. The Morgan fingerprint density at radius 1 is 1.23 bits per heavy atom. The van der Waals surface area contributed by atoms with E-state index in [2.05, 4.69) is 0 Å². The summed E-state index contributed by atoms with van der Waals surface area (Å²) in [5.74, 6) is -1.05. The molecule has 0 aliphatic carbocycles. The molecule has 0 fully saturated rings. The molecule has 1 aromatic rings. The number of benzene rings is 1. The number of carbonyl (C=O) groups is 3. The average Bonchev–Trinajstić information content (AvgIpc) is 2.81. The van der Waals surface area contributed by atoms with Gasteiger partial charge in [-0.15, -0.1) is 0 Å². The molecule has 1 aliphatic rings. The SMILES string of the molecule is O=C(CCCN1C(=O)C=CC1=O)Oc1ccc(CO)cc1Cl. The molecule has 0 atom stereocenters. The molecule has 1 N–H and O–H groups in total. The molecule has 0 bridgehead atoms. The summed E-state index contributed by atoms with van der Waals surface area (Å²) in [5, 5.41) is 9.20. The quantitative estimate of drug-likeness (QED) is 0.486. The normalized spacial score (nSPS) is 13.8. The van der Waals surface area contributed by atoms with Crippen LogP contribution in [0.2, 0.25) is 5.02 Å². The summed E-state index contributed by atoms with van der Waals surface area (Å²) in [6, 6.07) is 4.61. The van der Waals surface area contributed by atoms with Crippen LogP contribution in [0, 0.1) is 0 Å². The van der Waals surface area contributed by atoms with Crippen molar-refractivity contribution in [3.05, 3.63) is 40.9 Å². The zero-order valence-electron chi connectivity index (χ0n) is 11.6. The summed E-state index contributed by atoms with van der Waals surface area (Å²) in [5.41, 5.74) is 0.614. The van der Waals surface area contributed by atoms with Gasteiger partial charge >= 0.3 is 5.97 Å². The van der Waals surface area contributed by atoms with Crippen molar-refractivity contribution in [2.75, 3.05) is 6.54 Å². The molecular weight excluding hydrogens is 310 g/mol. The van der Waals surface area contributed by atoms with Crippen molar-refractivity contribution in [1.82, 2.24) is 4.90 Å². The Hall–Kier alpha value is -2.18. The van der Waals surface area contributed by atoms with Crippen LogP contribution in [-0.2, 0) is 21.0 Å². The van der Waals surface area contributed by atoms with Crippen molar-refractivity contribution >= 4 is 29.4 Å². The minimum absolute atomic E-state index is 0.0507. The summed E-state index contributed by atoms with van der Waals surface area (Å²) < 4.78 is 5.11. The lowest BCUT2D eigenvalue weighted by molar-refractivity contribution is -0.139. The average molecular weight is 324 g/mol. The van der Waals surface area contributed by atoms with Gasteiger partial charge in [-0.3, -0.25) is 19.3 Å². The van der Waals surface area contributed by atoms with E-state index in [1.165, 1.54) is 24.3 Å². The van der Waals surface area contributed by atoms with Crippen LogP contribution in [-0.4, -0.2) is 34.3 Å². The number of ether oxygens (including phenoxy) is 1. The van der Waals surface area contributed by atoms with Crippen LogP contribution in [0.15, 0.2) is 30.4 Å². The number of imide groups is 1. The second-order valence-electron chi connectivity index (χ2n) is 4.66. The highest BCUT2D eigenvalue weighted by molar-refractivity contribution is 6.32. The monoisotopic (exact) mass is 323 g/mol. The highest BCUT2D eigenvalue weighted by Crippen LogP contribution is 2.26. The lowest BCUT2D eigenvalue weighted by Crippen LogP contribution is -2.31. The number of hydrogen-bond donors (Lipinski definition) is 1. The zero-order chi connectivity index (χ0) is 16.1. The smallest absolute Gasteiger partial charge is 0.311 e. The van der Waals surface area contributed by atoms with Crippen molar-refractivity contribution in [1.29, 1.82) is 0 Å². The Bertz CT molecular complexity index is 623. The fourth-order valence-electron chi connectivity index (χ4n) is 1.93. The molecule has 1 aromatic carbocycles. The fraction of sp³-hybridized carbons (Fsp3) is 0.267. The number of aliphatic hydroxyl groups excluding tert-OH is 1. The fourth-order valence-corrected chi connectivity index (χ4v) is 2.17. The first-order valence-electron chi connectivity index (χ1n) is 6.65. The van der Waals surface area contributed by atoms with Gasteiger partial charge in [0, 0.05) is 25.1 Å². The standard InChI is InChI=1S/C15H14ClNO5/c16-11-8-10(9-18)3-4-12(11)22-15(21)2-1-7-17-13(19)5-6-14(17)20/h3-6,8,18H,1-2,7,9H2. The summed E-state index contributed by atoms with van der Waals surface area (Å²) in [6.45, 7) is 0.0107. The molecule has 116 valence electrons. The van der Waals surface area contributed by atoms with Crippen LogP contribution < -0.4 is 4.74 Å². The number of rotatable bonds is 6. The number of halogens is 1. The van der Waals surface area contributed by atoms with E-state index < -0.39 is 5.97 Å². The molecule has 7 heteroatoms. The Morgan fingerprint density at radius 2 is 1.91 bits per heavy atom. The third kappa shape index (κ3) is 3.93. The van der Waals surface area contributed by atoms with Gasteiger partial charge in [-0.05, 0) is 24.1 Å². The topological polar surface area (TPSA) is 83.9 Å². The van der Waals surface area contributed by atoms with E-state index in [1.54, 1.807) is 6.07 Å². The van der Waals surface area contributed by atoms with Gasteiger partial charge in [0.05, 0.1) is 11.6 Å². The van der Waals surface area contributed by atoms with Crippen molar-refractivity contribution in [3.8, 4) is 5.75 Å². The molecule has 0 aromatic heterocycles. The van der Waals surface area contributed by atoms with E-state index >= 15 is 0 Å². The van der Waals surface area contributed by atoms with Gasteiger partial charge in [-0.1, -0.05) is 17.7 Å². The van der Waals surface area contributed by atoms with Gasteiger partial charge < -0.3 is 9.84 Å². The number of hydrogen-bond acceptors (Lipinski definition) is 5. The molecule has 0 spiro atoms. The van der Waals surface area contributed by atoms with Crippen LogP contribution in [0.5, 0.6) is 5.75 Å². The number of aliphatic hydroxyl groups is 1. The van der Waals surface area contributed by atoms with E-state index in [0.29, 0.717) is 12.0 Å². The lowest BCUT2D eigenvalue weighted by Gasteiger charge is -2.13. The largest absolute Gasteiger partial charge is 0.425 e. The summed E-state index contributed by atoms with van der Waals surface area (Å²) in [6.07, 6.45) is 2.76. The van der Waals surface area contributed by atoms with E-state index in [-0.39, 0.29) is 42.2 Å². The van der Waals surface area contributed by atoms with E-state index in [0.717, 1.165) is 4.90 Å². The van der Waals surface area contributed by atoms with Crippen molar-refractivity contribution < 1.29 is 24.2 Å². The molecule has 0 saturated heterocycles. The number of carbonyl (C=O) groups excluding carboxylic acids is 3. The molecule has 2 rings (SSSR count). The number of amides is 2. The molecule has 6 nitrogen and oxygen atoms in total. The Balaban J connectivity index is 1.81. The van der Waals surface area contributed by atoms with Gasteiger partial charge in [0.15, 0.2) is 0 Å². The van der Waals surface area contributed by atoms with E-state index in [9.17, 15) is 14.4 Å². The van der Waals surface area contributed by atoms with Gasteiger partial charge in [-0.25, -0.2) is 0 Å². The maximum absolute atomic E-state index is 11.7. The minimum Gasteiger partial charge on any atom is -0.425 e. The molecule has 1 heterocycles. The third-order valence-corrected chi connectivity index (χ3v) is 3.36. The second kappa shape index (κ2) is 7.20. The Kier molecular flexibility index (Phi) is 5.30. The van der Waals surface area contributed by atoms with Gasteiger partial charge in [0.2, 0.25) is 0 Å². The van der Waals surface area contributed by atoms with E-state index in [4.69, 9.17) is 21.4 Å². The predicted octanol–water partition coefficient (Wildman–Crippen LogP) is 1.44. The first-order chi connectivity index (χ1) is 10.5. The molecule has 0 unspecified atom stereocenters. The minimum atomic E-state index is -0.509.